The summed E-state index contributed by atoms with van der Waals surface area (Å²) in [5.74, 6) is -0.0386. The van der Waals surface area contributed by atoms with E-state index in [9.17, 15) is 4.79 Å². The molecule has 0 unspecified atom stereocenters. The van der Waals surface area contributed by atoms with Crippen LogP contribution in [0.1, 0.15) is 33.3 Å². The minimum absolute atomic E-state index is 0.0386. The number of carbonyl (C=O) groups excluding carboxylic acids is 1. The van der Waals surface area contributed by atoms with Crippen LogP contribution in [0.2, 0.25) is 0 Å². The summed E-state index contributed by atoms with van der Waals surface area (Å²) in [6.45, 7) is 4.07. The smallest absolute Gasteiger partial charge is 0.262 e. The molecule has 130 valence electrons. The maximum atomic E-state index is 13.0. The Hall–Kier alpha value is -2.66. The van der Waals surface area contributed by atoms with Gasteiger partial charge in [-0.05, 0) is 61.9 Å². The average molecular weight is 408 g/mol. The molecule has 0 saturated carbocycles. The number of hydrogen-bond donors (Lipinski definition) is 1. The lowest BCUT2D eigenvalue weighted by Crippen LogP contribution is -2.32. The summed E-state index contributed by atoms with van der Waals surface area (Å²) in [5, 5.41) is 3.48. The van der Waals surface area contributed by atoms with Gasteiger partial charge in [0.1, 0.15) is 0 Å². The molecule has 3 aromatic rings. The zero-order chi connectivity index (χ0) is 18.3. The molecule has 4 rings (SSSR count). The first-order valence-electron chi connectivity index (χ1n) is 8.42. The van der Waals surface area contributed by atoms with Crippen LogP contribution in [0.3, 0.4) is 0 Å². The molecule has 26 heavy (non-hydrogen) atoms. The lowest BCUT2D eigenvalue weighted by Gasteiger charge is -2.27. The predicted octanol–water partition coefficient (Wildman–Crippen LogP) is 5.23. The summed E-state index contributed by atoms with van der Waals surface area (Å²) < 4.78 is 1.06. The Labute approximate surface area is 161 Å². The van der Waals surface area contributed by atoms with Crippen molar-refractivity contribution in [2.24, 2.45) is 0 Å². The number of amides is 1. The van der Waals surface area contributed by atoms with E-state index < -0.39 is 0 Å². The predicted molar refractivity (Wildman–Crippen MR) is 107 cm³/mol. The highest BCUT2D eigenvalue weighted by atomic mass is 79.9. The minimum Gasteiger partial charge on any atom is -0.360 e. The molecule has 1 aliphatic rings. The third-order valence-electron chi connectivity index (χ3n) is 4.58. The summed E-state index contributed by atoms with van der Waals surface area (Å²) in [6, 6.07) is 17.7. The molecule has 0 aliphatic carbocycles. The third kappa shape index (κ3) is 2.88. The van der Waals surface area contributed by atoms with Gasteiger partial charge in [0.05, 0.1) is 11.3 Å². The number of aryl methyl sites for hydroxylation is 2. The molecule has 1 aliphatic heterocycles. The number of benzene rings is 2. The summed E-state index contributed by atoms with van der Waals surface area (Å²) >= 11 is 3.53. The van der Waals surface area contributed by atoms with E-state index in [-0.39, 0.29) is 12.1 Å². The number of fused-ring (bicyclic) bond motifs is 1. The van der Waals surface area contributed by atoms with Crippen molar-refractivity contribution in [2.75, 3.05) is 10.2 Å². The quantitative estimate of drug-likeness (QED) is 0.646. The van der Waals surface area contributed by atoms with Gasteiger partial charge in [-0.25, -0.2) is 0 Å². The van der Waals surface area contributed by atoms with Gasteiger partial charge in [0.25, 0.3) is 5.91 Å². The fraction of sp³-hybridized carbons (Fsp3) is 0.143. The second-order valence-corrected chi connectivity index (χ2v) is 7.31. The summed E-state index contributed by atoms with van der Waals surface area (Å²) in [7, 11) is 0. The fourth-order valence-electron chi connectivity index (χ4n) is 3.18. The highest BCUT2D eigenvalue weighted by molar-refractivity contribution is 9.10. The van der Waals surface area contributed by atoms with Gasteiger partial charge < -0.3 is 5.32 Å². The van der Waals surface area contributed by atoms with Crippen LogP contribution < -0.4 is 10.2 Å². The maximum absolute atomic E-state index is 13.0. The number of rotatable bonds is 3. The van der Waals surface area contributed by atoms with Gasteiger partial charge in [-0.3, -0.25) is 14.7 Å². The maximum Gasteiger partial charge on any atom is 0.262 e. The summed E-state index contributed by atoms with van der Waals surface area (Å²) in [5.41, 5.74) is 5.47. The Morgan fingerprint density at radius 3 is 2.58 bits per heavy atom. The molecule has 0 radical (unpaired) electrons. The molecule has 2 heterocycles. The Balaban J connectivity index is 1.77. The van der Waals surface area contributed by atoms with Crippen molar-refractivity contribution in [3.63, 3.8) is 0 Å². The van der Waals surface area contributed by atoms with Crippen LogP contribution in [-0.2, 0) is 0 Å². The van der Waals surface area contributed by atoms with E-state index in [0.717, 1.165) is 32.7 Å². The Bertz CT molecular complexity index is 985. The standard InChI is InChI=1S/C21H18BrN3O/c1-13-5-8-16(9-6-13)25-20(19-17(21(25)26)4-3-11-23-19)24-15-7-10-18(22)14(2)12-15/h3-12,20,24H,1-2H3/t20-/m1/s1. The Morgan fingerprint density at radius 2 is 1.85 bits per heavy atom. The third-order valence-corrected chi connectivity index (χ3v) is 5.47. The molecule has 1 amide bonds. The topological polar surface area (TPSA) is 45.2 Å². The highest BCUT2D eigenvalue weighted by Gasteiger charge is 2.38. The SMILES string of the molecule is Cc1ccc(N2C(=O)c3cccnc3[C@@H]2Nc2ccc(Br)c(C)c2)cc1. The van der Waals surface area contributed by atoms with Gasteiger partial charge >= 0.3 is 0 Å². The monoisotopic (exact) mass is 407 g/mol. The van der Waals surface area contributed by atoms with Gasteiger partial charge in [0.15, 0.2) is 6.17 Å². The van der Waals surface area contributed by atoms with E-state index in [2.05, 4.69) is 32.3 Å². The van der Waals surface area contributed by atoms with Crippen LogP contribution in [0.15, 0.2) is 65.3 Å². The fourth-order valence-corrected chi connectivity index (χ4v) is 3.43. The lowest BCUT2D eigenvalue weighted by atomic mass is 10.2. The minimum atomic E-state index is -0.345. The number of halogens is 1. The van der Waals surface area contributed by atoms with Crippen molar-refractivity contribution in [1.82, 2.24) is 4.98 Å². The van der Waals surface area contributed by atoms with E-state index in [1.165, 1.54) is 0 Å². The van der Waals surface area contributed by atoms with Crippen molar-refractivity contribution < 1.29 is 4.79 Å². The first-order chi connectivity index (χ1) is 12.5. The zero-order valence-electron chi connectivity index (χ0n) is 14.5. The number of nitrogens with zero attached hydrogens (tertiary/aromatic N) is 2. The summed E-state index contributed by atoms with van der Waals surface area (Å²) in [4.78, 5) is 19.3. The number of nitrogens with one attached hydrogen (secondary N) is 1. The van der Waals surface area contributed by atoms with Gasteiger partial charge in [0, 0.05) is 22.0 Å². The van der Waals surface area contributed by atoms with Crippen molar-refractivity contribution >= 4 is 33.2 Å². The summed E-state index contributed by atoms with van der Waals surface area (Å²) in [6.07, 6.45) is 1.38. The van der Waals surface area contributed by atoms with E-state index in [1.54, 1.807) is 17.2 Å². The lowest BCUT2D eigenvalue weighted by molar-refractivity contribution is 0.0993. The Morgan fingerprint density at radius 1 is 1.08 bits per heavy atom. The molecule has 0 spiro atoms. The van der Waals surface area contributed by atoms with E-state index >= 15 is 0 Å². The Kier molecular flexibility index (Phi) is 4.24. The molecule has 0 bridgehead atoms. The second kappa shape index (κ2) is 6.57. The van der Waals surface area contributed by atoms with Crippen LogP contribution in [0.25, 0.3) is 0 Å². The number of pyridine rings is 1. The number of hydrogen-bond acceptors (Lipinski definition) is 3. The number of aromatic nitrogens is 1. The van der Waals surface area contributed by atoms with Crippen LogP contribution >= 0.6 is 15.9 Å². The van der Waals surface area contributed by atoms with Crippen molar-refractivity contribution in [3.05, 3.63) is 87.7 Å². The van der Waals surface area contributed by atoms with Crippen molar-refractivity contribution in [1.29, 1.82) is 0 Å². The molecule has 0 fully saturated rings. The van der Waals surface area contributed by atoms with Gasteiger partial charge in [0.2, 0.25) is 0 Å². The average Bonchev–Trinajstić information content (AvgIpc) is 2.92. The molecular weight excluding hydrogens is 390 g/mol. The molecular formula is C21H18BrN3O. The van der Waals surface area contributed by atoms with E-state index in [1.807, 2.05) is 56.3 Å². The molecule has 1 N–H and O–H groups in total. The van der Waals surface area contributed by atoms with Gasteiger partial charge in [-0.1, -0.05) is 33.6 Å². The van der Waals surface area contributed by atoms with E-state index in [4.69, 9.17) is 0 Å². The number of anilines is 2. The first kappa shape index (κ1) is 16.8. The molecule has 4 nitrogen and oxygen atoms in total. The molecule has 2 aromatic carbocycles. The molecule has 0 saturated heterocycles. The van der Waals surface area contributed by atoms with Crippen LogP contribution in [0.4, 0.5) is 11.4 Å². The van der Waals surface area contributed by atoms with Crippen LogP contribution in [-0.4, -0.2) is 10.9 Å². The first-order valence-corrected chi connectivity index (χ1v) is 9.22. The van der Waals surface area contributed by atoms with E-state index in [0.29, 0.717) is 5.56 Å². The van der Waals surface area contributed by atoms with Crippen molar-refractivity contribution in [2.45, 2.75) is 20.0 Å². The van der Waals surface area contributed by atoms with Crippen LogP contribution in [0.5, 0.6) is 0 Å². The van der Waals surface area contributed by atoms with Gasteiger partial charge in [-0.2, -0.15) is 0 Å². The largest absolute Gasteiger partial charge is 0.360 e. The molecule has 5 heteroatoms. The molecule has 1 atom stereocenters. The van der Waals surface area contributed by atoms with Crippen molar-refractivity contribution in [3.8, 4) is 0 Å². The highest BCUT2D eigenvalue weighted by Crippen LogP contribution is 2.37. The number of carbonyl (C=O) groups is 1. The zero-order valence-corrected chi connectivity index (χ0v) is 16.1. The second-order valence-electron chi connectivity index (χ2n) is 6.46. The van der Waals surface area contributed by atoms with Crippen LogP contribution in [0, 0.1) is 13.8 Å². The van der Waals surface area contributed by atoms with Gasteiger partial charge in [-0.15, -0.1) is 0 Å². The normalized spacial score (nSPS) is 15.9. The molecule has 1 aromatic heterocycles.